The van der Waals surface area contributed by atoms with Crippen LogP contribution in [0.15, 0.2) is 0 Å². The van der Waals surface area contributed by atoms with Crippen LogP contribution in [-0.2, 0) is 9.59 Å². The van der Waals surface area contributed by atoms with E-state index in [0.717, 1.165) is 19.4 Å². The summed E-state index contributed by atoms with van der Waals surface area (Å²) < 4.78 is 0. The Balaban J connectivity index is 2.28. The van der Waals surface area contributed by atoms with Gasteiger partial charge in [-0.15, -0.1) is 0 Å². The van der Waals surface area contributed by atoms with E-state index in [1.165, 1.54) is 6.42 Å². The van der Waals surface area contributed by atoms with Crippen LogP contribution in [-0.4, -0.2) is 53.5 Å². The second kappa shape index (κ2) is 8.89. The Labute approximate surface area is 144 Å². The summed E-state index contributed by atoms with van der Waals surface area (Å²) in [5.74, 6) is -0.170. The van der Waals surface area contributed by atoms with Gasteiger partial charge in [0.25, 0.3) is 0 Å². The number of rotatable bonds is 5. The smallest absolute Gasteiger partial charge is 0.315 e. The van der Waals surface area contributed by atoms with E-state index in [-0.39, 0.29) is 36.4 Å². The fourth-order valence-electron chi connectivity index (χ4n) is 2.69. The Morgan fingerprint density at radius 3 is 2.46 bits per heavy atom. The Bertz CT molecular complexity index is 459. The third-order valence-electron chi connectivity index (χ3n) is 3.99. The molecule has 3 N–H and O–H groups in total. The highest BCUT2D eigenvalue weighted by Crippen LogP contribution is 2.16. The molecule has 7 heteroatoms. The van der Waals surface area contributed by atoms with Crippen molar-refractivity contribution in [1.29, 1.82) is 0 Å². The maximum Gasteiger partial charge on any atom is 0.315 e. The number of urea groups is 1. The van der Waals surface area contributed by atoms with Crippen LogP contribution in [0.5, 0.6) is 0 Å². The molecule has 1 rings (SSSR count). The average Bonchev–Trinajstić information content (AvgIpc) is 2.45. The van der Waals surface area contributed by atoms with Crippen LogP contribution >= 0.6 is 0 Å². The maximum absolute atomic E-state index is 12.2. The van der Waals surface area contributed by atoms with Crippen molar-refractivity contribution >= 4 is 17.8 Å². The molecule has 0 aromatic rings. The first-order valence-corrected chi connectivity index (χ1v) is 8.76. The number of hydrogen-bond acceptors (Lipinski definition) is 3. The standard InChI is InChI=1S/C17H32N4O3/c1-12-8-6-7-11-21(12)14(22)9-10-18-16(24)19-13(2)15(23)20-17(3,4)5/h12-13H,6-11H2,1-5H3,(H,20,23)(H2,18,19,24)/t12-,13+/m0/s1. The minimum Gasteiger partial charge on any atom is -0.350 e. The van der Waals surface area contributed by atoms with Gasteiger partial charge < -0.3 is 20.9 Å². The van der Waals surface area contributed by atoms with Crippen molar-refractivity contribution < 1.29 is 14.4 Å². The SMILES string of the molecule is C[C@@H](NC(=O)NCCC(=O)N1CCCC[C@@H]1C)C(=O)NC(C)(C)C. The molecular weight excluding hydrogens is 308 g/mol. The number of piperidine rings is 1. The van der Waals surface area contributed by atoms with Crippen molar-refractivity contribution in [2.24, 2.45) is 0 Å². The van der Waals surface area contributed by atoms with Gasteiger partial charge in [0.05, 0.1) is 0 Å². The largest absolute Gasteiger partial charge is 0.350 e. The summed E-state index contributed by atoms with van der Waals surface area (Å²) >= 11 is 0. The summed E-state index contributed by atoms with van der Waals surface area (Å²) in [6.45, 7) is 10.4. The van der Waals surface area contributed by atoms with Crippen LogP contribution in [0.2, 0.25) is 0 Å². The summed E-state index contributed by atoms with van der Waals surface area (Å²) in [5.41, 5.74) is -0.346. The predicted molar refractivity (Wildman–Crippen MR) is 93.5 cm³/mol. The molecule has 0 bridgehead atoms. The number of nitrogens with zero attached hydrogens (tertiary/aromatic N) is 1. The van der Waals surface area contributed by atoms with Gasteiger partial charge >= 0.3 is 6.03 Å². The summed E-state index contributed by atoms with van der Waals surface area (Å²) in [5, 5.41) is 8.02. The first kappa shape index (κ1) is 20.3. The molecule has 1 saturated heterocycles. The molecule has 4 amide bonds. The van der Waals surface area contributed by atoms with Gasteiger partial charge in [0.1, 0.15) is 6.04 Å². The minimum absolute atomic E-state index is 0.0704. The number of carbonyl (C=O) groups is 3. The molecule has 1 fully saturated rings. The van der Waals surface area contributed by atoms with Crippen molar-refractivity contribution in [3.8, 4) is 0 Å². The van der Waals surface area contributed by atoms with Gasteiger partial charge in [-0.3, -0.25) is 9.59 Å². The fraction of sp³-hybridized carbons (Fsp3) is 0.824. The van der Waals surface area contributed by atoms with Crippen molar-refractivity contribution in [1.82, 2.24) is 20.9 Å². The maximum atomic E-state index is 12.2. The van der Waals surface area contributed by atoms with E-state index in [0.29, 0.717) is 0 Å². The van der Waals surface area contributed by atoms with Crippen LogP contribution in [0.1, 0.15) is 60.3 Å². The Morgan fingerprint density at radius 2 is 1.88 bits per heavy atom. The van der Waals surface area contributed by atoms with Gasteiger partial charge in [-0.25, -0.2) is 4.79 Å². The van der Waals surface area contributed by atoms with E-state index in [1.54, 1.807) is 6.92 Å². The summed E-state index contributed by atoms with van der Waals surface area (Å²) in [7, 11) is 0. The fourth-order valence-corrected chi connectivity index (χ4v) is 2.69. The highest BCUT2D eigenvalue weighted by atomic mass is 16.2. The molecule has 138 valence electrons. The van der Waals surface area contributed by atoms with E-state index >= 15 is 0 Å². The Kier molecular flexibility index (Phi) is 7.51. The third-order valence-corrected chi connectivity index (χ3v) is 3.99. The second-order valence-electron chi connectivity index (χ2n) is 7.54. The molecule has 1 aliphatic heterocycles. The molecule has 0 aliphatic carbocycles. The summed E-state index contributed by atoms with van der Waals surface area (Å²) in [4.78, 5) is 37.8. The van der Waals surface area contributed by atoms with E-state index in [2.05, 4.69) is 22.9 Å². The second-order valence-corrected chi connectivity index (χ2v) is 7.54. The molecule has 1 heterocycles. The van der Waals surface area contributed by atoms with Crippen LogP contribution in [0.25, 0.3) is 0 Å². The van der Waals surface area contributed by atoms with Crippen molar-refractivity contribution in [2.45, 2.75) is 77.9 Å². The van der Waals surface area contributed by atoms with Crippen molar-refractivity contribution in [2.75, 3.05) is 13.1 Å². The first-order valence-electron chi connectivity index (χ1n) is 8.76. The quantitative estimate of drug-likeness (QED) is 0.706. The molecule has 24 heavy (non-hydrogen) atoms. The minimum atomic E-state index is -0.637. The van der Waals surface area contributed by atoms with E-state index in [4.69, 9.17) is 0 Å². The molecule has 0 unspecified atom stereocenters. The Hall–Kier alpha value is -1.79. The van der Waals surface area contributed by atoms with Gasteiger partial charge in [0, 0.05) is 31.1 Å². The molecular formula is C17H32N4O3. The summed E-state index contributed by atoms with van der Waals surface area (Å²) in [6.07, 6.45) is 3.53. The van der Waals surface area contributed by atoms with E-state index in [1.807, 2.05) is 25.7 Å². The van der Waals surface area contributed by atoms with Gasteiger partial charge in [0.2, 0.25) is 11.8 Å². The van der Waals surface area contributed by atoms with Crippen LogP contribution in [0.3, 0.4) is 0 Å². The van der Waals surface area contributed by atoms with Crippen molar-refractivity contribution in [3.05, 3.63) is 0 Å². The summed E-state index contributed by atoms with van der Waals surface area (Å²) in [6, 6.07) is -0.797. The molecule has 0 spiro atoms. The molecule has 7 nitrogen and oxygen atoms in total. The lowest BCUT2D eigenvalue weighted by Crippen LogP contribution is -2.53. The first-order chi connectivity index (χ1) is 11.1. The van der Waals surface area contributed by atoms with Crippen molar-refractivity contribution in [3.63, 3.8) is 0 Å². The number of amides is 4. The number of carbonyl (C=O) groups excluding carboxylic acids is 3. The highest BCUT2D eigenvalue weighted by molar-refractivity contribution is 5.87. The Morgan fingerprint density at radius 1 is 1.21 bits per heavy atom. The highest BCUT2D eigenvalue weighted by Gasteiger charge is 2.23. The van der Waals surface area contributed by atoms with Gasteiger partial charge in [0.15, 0.2) is 0 Å². The average molecular weight is 340 g/mol. The predicted octanol–water partition coefficient (Wildman–Crippen LogP) is 1.38. The van der Waals surface area contributed by atoms with Crippen LogP contribution in [0, 0.1) is 0 Å². The lowest BCUT2D eigenvalue weighted by atomic mass is 10.0. The number of nitrogens with one attached hydrogen (secondary N) is 3. The van der Waals surface area contributed by atoms with E-state index in [9.17, 15) is 14.4 Å². The monoisotopic (exact) mass is 340 g/mol. The van der Waals surface area contributed by atoms with Crippen LogP contribution in [0.4, 0.5) is 4.79 Å². The number of hydrogen-bond donors (Lipinski definition) is 3. The van der Waals surface area contributed by atoms with E-state index < -0.39 is 12.1 Å². The lowest BCUT2D eigenvalue weighted by molar-refractivity contribution is -0.134. The zero-order valence-electron chi connectivity index (χ0n) is 15.6. The molecule has 0 aromatic carbocycles. The number of likely N-dealkylation sites (tertiary alicyclic amines) is 1. The molecule has 2 atom stereocenters. The molecule has 0 radical (unpaired) electrons. The normalized spacial score (nSPS) is 19.4. The molecule has 1 aliphatic rings. The van der Waals surface area contributed by atoms with Gasteiger partial charge in [-0.05, 0) is 53.9 Å². The van der Waals surface area contributed by atoms with Gasteiger partial charge in [-0.1, -0.05) is 0 Å². The molecule has 0 aromatic heterocycles. The zero-order valence-corrected chi connectivity index (χ0v) is 15.6. The van der Waals surface area contributed by atoms with Crippen LogP contribution < -0.4 is 16.0 Å². The topological polar surface area (TPSA) is 90.5 Å². The molecule has 0 saturated carbocycles. The van der Waals surface area contributed by atoms with Gasteiger partial charge in [-0.2, -0.15) is 0 Å². The zero-order chi connectivity index (χ0) is 18.3. The lowest BCUT2D eigenvalue weighted by Gasteiger charge is -2.33. The third kappa shape index (κ3) is 7.19.